The van der Waals surface area contributed by atoms with Crippen molar-refractivity contribution in [2.24, 2.45) is 0 Å². The lowest BCUT2D eigenvalue weighted by atomic mass is 10.6. The summed E-state index contributed by atoms with van der Waals surface area (Å²) >= 11 is 5.34. The third kappa shape index (κ3) is 2.46. The predicted octanol–water partition coefficient (Wildman–Crippen LogP) is 2.74. The summed E-state index contributed by atoms with van der Waals surface area (Å²) in [4.78, 5) is 0. The Balaban J connectivity index is 4.76. The highest BCUT2D eigenvalue weighted by Crippen LogP contribution is 2.55. The maximum Gasteiger partial charge on any atom is 0.361 e. The molecule has 3 nitrogen and oxygen atoms in total. The van der Waals surface area contributed by atoms with Crippen molar-refractivity contribution < 1.29 is 13.6 Å². The molecule has 11 heavy (non-hydrogen) atoms. The Kier molecular flexibility index (Phi) is 4.69. The van der Waals surface area contributed by atoms with Gasteiger partial charge in [-0.2, -0.15) is 0 Å². The molecule has 0 heterocycles. The van der Waals surface area contributed by atoms with Crippen molar-refractivity contribution in [2.45, 2.75) is 0 Å². The molecule has 0 aromatic heterocycles. The molecule has 0 unspecified atom stereocenters. The fourth-order valence-corrected chi connectivity index (χ4v) is 1.86. The molecule has 0 N–H and O–H groups in total. The third-order valence-corrected chi connectivity index (χ3v) is 3.41. The second kappa shape index (κ2) is 4.73. The molecule has 0 fully saturated rings. The molecule has 0 aliphatic rings. The van der Waals surface area contributed by atoms with E-state index < -0.39 is 7.60 Å². The van der Waals surface area contributed by atoms with E-state index >= 15 is 0 Å². The Morgan fingerprint density at radius 1 is 1.55 bits per heavy atom. The number of hydrogen-bond acceptors (Lipinski definition) is 3. The Morgan fingerprint density at radius 2 is 2.00 bits per heavy atom. The molecule has 0 rings (SSSR count). The van der Waals surface area contributed by atoms with Crippen LogP contribution in [0.15, 0.2) is 23.5 Å². The summed E-state index contributed by atoms with van der Waals surface area (Å²) in [6.45, 7) is 3.41. The average molecular weight is 197 g/mol. The van der Waals surface area contributed by atoms with E-state index in [-0.39, 0.29) is 5.31 Å². The van der Waals surface area contributed by atoms with Gasteiger partial charge in [-0.3, -0.25) is 4.57 Å². The van der Waals surface area contributed by atoms with Crippen molar-refractivity contribution in [1.82, 2.24) is 0 Å². The zero-order valence-corrected chi connectivity index (χ0v) is 8.06. The molecule has 0 spiro atoms. The molecule has 5 heteroatoms. The third-order valence-electron chi connectivity index (χ3n) is 1.12. The minimum atomic E-state index is -3.18. The van der Waals surface area contributed by atoms with Gasteiger partial charge in [0, 0.05) is 19.8 Å². The van der Waals surface area contributed by atoms with Gasteiger partial charge in [0.2, 0.25) is 0 Å². The molecule has 0 aromatic rings. The van der Waals surface area contributed by atoms with Crippen LogP contribution in [0.5, 0.6) is 0 Å². The quantitative estimate of drug-likeness (QED) is 0.512. The van der Waals surface area contributed by atoms with Crippen molar-refractivity contribution in [2.75, 3.05) is 14.2 Å². The van der Waals surface area contributed by atoms with E-state index in [0.29, 0.717) is 0 Å². The SMILES string of the molecule is C=C/C(=C\Cl)P(=O)(OC)OC. The number of rotatable bonds is 4. The van der Waals surface area contributed by atoms with Gasteiger partial charge in [0.1, 0.15) is 0 Å². The monoisotopic (exact) mass is 196 g/mol. The summed E-state index contributed by atoms with van der Waals surface area (Å²) in [5.74, 6) is 0. The van der Waals surface area contributed by atoms with Gasteiger partial charge < -0.3 is 9.05 Å². The first-order valence-corrected chi connectivity index (χ1v) is 4.77. The highest BCUT2D eigenvalue weighted by molar-refractivity contribution is 7.58. The summed E-state index contributed by atoms with van der Waals surface area (Å²) in [6.07, 6.45) is 1.33. The summed E-state index contributed by atoms with van der Waals surface area (Å²) in [5, 5.41) is 0.254. The lowest BCUT2D eigenvalue weighted by Gasteiger charge is -2.12. The summed E-state index contributed by atoms with van der Waals surface area (Å²) < 4.78 is 20.7. The van der Waals surface area contributed by atoms with Crippen LogP contribution in [-0.2, 0) is 13.6 Å². The largest absolute Gasteiger partial charge is 0.361 e. The summed E-state index contributed by atoms with van der Waals surface area (Å²) in [5.41, 5.74) is 1.13. The van der Waals surface area contributed by atoms with Gasteiger partial charge in [-0.15, -0.1) is 0 Å². The topological polar surface area (TPSA) is 35.5 Å². The van der Waals surface area contributed by atoms with Crippen LogP contribution in [0.4, 0.5) is 0 Å². The second-order valence-corrected chi connectivity index (χ2v) is 4.06. The molecule has 0 radical (unpaired) electrons. The Labute approximate surface area is 71.2 Å². The van der Waals surface area contributed by atoms with E-state index in [1.807, 2.05) is 0 Å². The first-order valence-electron chi connectivity index (χ1n) is 2.79. The second-order valence-electron chi connectivity index (χ2n) is 1.60. The smallest absolute Gasteiger partial charge is 0.309 e. The normalized spacial score (nSPS) is 13.2. The molecule has 0 bridgehead atoms. The summed E-state index contributed by atoms with van der Waals surface area (Å²) in [6, 6.07) is 0. The molecule has 0 saturated carbocycles. The number of hydrogen-bond donors (Lipinski definition) is 0. The zero-order chi connectivity index (χ0) is 8.91. The van der Waals surface area contributed by atoms with Gasteiger partial charge in [-0.05, 0) is 0 Å². The zero-order valence-electron chi connectivity index (χ0n) is 6.41. The van der Waals surface area contributed by atoms with Crippen LogP contribution in [0.2, 0.25) is 0 Å². The molecule has 64 valence electrons. The van der Waals surface area contributed by atoms with Crippen LogP contribution in [0.25, 0.3) is 0 Å². The van der Waals surface area contributed by atoms with Crippen molar-refractivity contribution in [1.29, 1.82) is 0 Å². The molecule has 0 aromatic carbocycles. The van der Waals surface area contributed by atoms with E-state index in [0.717, 1.165) is 5.54 Å². The lowest BCUT2D eigenvalue weighted by Crippen LogP contribution is -1.89. The van der Waals surface area contributed by atoms with Crippen LogP contribution in [0, 0.1) is 0 Å². The first-order chi connectivity index (χ1) is 5.14. The lowest BCUT2D eigenvalue weighted by molar-refractivity contribution is 0.284. The van der Waals surface area contributed by atoms with Crippen LogP contribution < -0.4 is 0 Å². The molecular weight excluding hydrogens is 186 g/mol. The maximum atomic E-state index is 11.4. The minimum Gasteiger partial charge on any atom is -0.309 e. The van der Waals surface area contributed by atoms with Crippen LogP contribution in [0.3, 0.4) is 0 Å². The van der Waals surface area contributed by atoms with Crippen molar-refractivity contribution in [3.05, 3.63) is 23.5 Å². The van der Waals surface area contributed by atoms with Crippen molar-refractivity contribution >= 4 is 19.2 Å². The van der Waals surface area contributed by atoms with Gasteiger partial charge in [-0.25, -0.2) is 0 Å². The molecule has 0 aliphatic heterocycles. The van der Waals surface area contributed by atoms with Gasteiger partial charge in [-0.1, -0.05) is 24.3 Å². The molecule has 0 amide bonds. The van der Waals surface area contributed by atoms with E-state index in [1.54, 1.807) is 0 Å². The highest BCUT2D eigenvalue weighted by Gasteiger charge is 2.24. The highest BCUT2D eigenvalue weighted by atomic mass is 35.5. The Bertz CT molecular complexity index is 204. The van der Waals surface area contributed by atoms with E-state index in [4.69, 9.17) is 11.6 Å². The van der Waals surface area contributed by atoms with Crippen molar-refractivity contribution in [3.63, 3.8) is 0 Å². The Morgan fingerprint density at radius 3 is 2.09 bits per heavy atom. The summed E-state index contributed by atoms with van der Waals surface area (Å²) in [7, 11) is -0.608. The standard InChI is InChI=1S/C6H10ClO3P/c1-4-6(5-7)11(8,9-2)10-3/h4-5H,1H2,2-3H3/b6-5+. The van der Waals surface area contributed by atoms with E-state index in [9.17, 15) is 4.57 Å². The van der Waals surface area contributed by atoms with Gasteiger partial charge in [0.05, 0.1) is 5.31 Å². The average Bonchev–Trinajstić information content (AvgIpc) is 2.06. The number of halogens is 1. The molecule has 0 aliphatic carbocycles. The van der Waals surface area contributed by atoms with Crippen molar-refractivity contribution in [3.8, 4) is 0 Å². The molecule has 0 atom stereocenters. The number of allylic oxidation sites excluding steroid dienone is 2. The van der Waals surface area contributed by atoms with Crippen LogP contribution >= 0.6 is 19.2 Å². The maximum absolute atomic E-state index is 11.4. The van der Waals surface area contributed by atoms with E-state index in [2.05, 4.69) is 15.6 Å². The van der Waals surface area contributed by atoms with Crippen LogP contribution in [0.1, 0.15) is 0 Å². The molecular formula is C6H10ClO3P. The fourth-order valence-electron chi connectivity index (χ4n) is 0.501. The molecule has 0 saturated heterocycles. The Hall–Kier alpha value is -0.0800. The van der Waals surface area contributed by atoms with Gasteiger partial charge in [0.15, 0.2) is 0 Å². The van der Waals surface area contributed by atoms with Gasteiger partial charge in [0.25, 0.3) is 0 Å². The minimum absolute atomic E-state index is 0.254. The van der Waals surface area contributed by atoms with Gasteiger partial charge >= 0.3 is 7.60 Å². The predicted molar refractivity (Wildman–Crippen MR) is 45.8 cm³/mol. The van der Waals surface area contributed by atoms with Crippen LogP contribution in [-0.4, -0.2) is 14.2 Å². The van der Waals surface area contributed by atoms with E-state index in [1.165, 1.54) is 20.3 Å². The fraction of sp³-hybridized carbons (Fsp3) is 0.333. The first kappa shape index (κ1) is 10.9.